The molecule has 4 nitrogen and oxygen atoms in total. The van der Waals surface area contributed by atoms with Gasteiger partial charge in [-0.1, -0.05) is 13.3 Å². The summed E-state index contributed by atoms with van der Waals surface area (Å²) in [6.07, 6.45) is 6.29. The van der Waals surface area contributed by atoms with Crippen LogP contribution in [-0.2, 0) is 13.5 Å². The van der Waals surface area contributed by atoms with E-state index in [4.69, 9.17) is 0 Å². The van der Waals surface area contributed by atoms with E-state index in [0.717, 1.165) is 12.1 Å². The summed E-state index contributed by atoms with van der Waals surface area (Å²) in [5, 5.41) is 8.09. The fourth-order valence-corrected chi connectivity index (χ4v) is 3.79. The van der Waals surface area contributed by atoms with Crippen LogP contribution in [0.3, 0.4) is 0 Å². The summed E-state index contributed by atoms with van der Waals surface area (Å²) in [6, 6.07) is 2.67. The molecule has 0 radical (unpaired) electrons. The normalized spacial score (nSPS) is 21.2. The summed E-state index contributed by atoms with van der Waals surface area (Å²) in [7, 11) is 4.16. The van der Waals surface area contributed by atoms with Crippen LogP contribution in [0.5, 0.6) is 0 Å². The molecule has 1 saturated heterocycles. The summed E-state index contributed by atoms with van der Waals surface area (Å²) in [6.45, 7) is 9.32. The van der Waals surface area contributed by atoms with Crippen molar-refractivity contribution >= 4 is 0 Å². The van der Waals surface area contributed by atoms with Gasteiger partial charge in [0.1, 0.15) is 0 Å². The molecular weight excluding hydrogens is 260 g/mol. The zero-order valence-electron chi connectivity index (χ0n) is 14.4. The molecule has 1 aromatic heterocycles. The summed E-state index contributed by atoms with van der Waals surface area (Å²) >= 11 is 0. The van der Waals surface area contributed by atoms with E-state index in [0.29, 0.717) is 6.04 Å². The van der Waals surface area contributed by atoms with Gasteiger partial charge in [0.15, 0.2) is 0 Å². The molecule has 4 heteroatoms. The molecule has 0 aliphatic carbocycles. The fraction of sp³-hybridized carbons (Fsp3) is 0.824. The van der Waals surface area contributed by atoms with Crippen molar-refractivity contribution in [2.24, 2.45) is 7.05 Å². The molecule has 1 aliphatic heterocycles. The van der Waals surface area contributed by atoms with E-state index >= 15 is 0 Å². The number of nitrogens with one attached hydrogen (secondary N) is 1. The van der Waals surface area contributed by atoms with Crippen LogP contribution in [0.1, 0.15) is 50.9 Å². The molecular formula is C17H32N4. The zero-order valence-corrected chi connectivity index (χ0v) is 14.4. The quantitative estimate of drug-likeness (QED) is 0.874. The SMILES string of the molecule is CCC(C)(C(Cc1cc(C)nn1C)NC)N1CCCCC1. The topological polar surface area (TPSA) is 33.1 Å². The number of nitrogens with zero attached hydrogens (tertiary/aromatic N) is 3. The van der Waals surface area contributed by atoms with Gasteiger partial charge in [-0.05, 0) is 59.3 Å². The second-order valence-corrected chi connectivity index (χ2v) is 6.70. The highest BCUT2D eigenvalue weighted by Gasteiger charge is 2.38. The first-order chi connectivity index (χ1) is 10.0. The van der Waals surface area contributed by atoms with Crippen LogP contribution in [0.2, 0.25) is 0 Å². The van der Waals surface area contributed by atoms with Crippen molar-refractivity contribution in [3.05, 3.63) is 17.5 Å². The van der Waals surface area contributed by atoms with Gasteiger partial charge in [0.05, 0.1) is 5.69 Å². The molecule has 2 atom stereocenters. The number of likely N-dealkylation sites (N-methyl/N-ethyl adjacent to an activating group) is 1. The first-order valence-corrected chi connectivity index (χ1v) is 8.43. The van der Waals surface area contributed by atoms with E-state index in [1.165, 1.54) is 44.5 Å². The Balaban J connectivity index is 2.18. The van der Waals surface area contributed by atoms with Crippen molar-refractivity contribution in [2.45, 2.75) is 64.5 Å². The number of aryl methyl sites for hydroxylation is 2. The number of aromatic nitrogens is 2. The van der Waals surface area contributed by atoms with Crippen LogP contribution < -0.4 is 5.32 Å². The highest BCUT2D eigenvalue weighted by molar-refractivity contribution is 5.12. The Kier molecular flexibility index (Phi) is 5.44. The lowest BCUT2D eigenvalue weighted by atomic mass is 9.83. The van der Waals surface area contributed by atoms with Crippen LogP contribution in [0, 0.1) is 6.92 Å². The van der Waals surface area contributed by atoms with Crippen molar-refractivity contribution in [1.82, 2.24) is 20.0 Å². The summed E-state index contributed by atoms with van der Waals surface area (Å²) in [4.78, 5) is 2.71. The highest BCUT2D eigenvalue weighted by Crippen LogP contribution is 2.29. The second-order valence-electron chi connectivity index (χ2n) is 6.70. The third-order valence-corrected chi connectivity index (χ3v) is 5.41. The molecule has 1 aliphatic rings. The zero-order chi connectivity index (χ0) is 15.5. The molecule has 0 amide bonds. The first kappa shape index (κ1) is 16.5. The van der Waals surface area contributed by atoms with Crippen LogP contribution in [0.4, 0.5) is 0 Å². The van der Waals surface area contributed by atoms with Gasteiger partial charge < -0.3 is 5.32 Å². The van der Waals surface area contributed by atoms with Crippen LogP contribution in [0.15, 0.2) is 6.07 Å². The van der Waals surface area contributed by atoms with Gasteiger partial charge in [-0.25, -0.2) is 0 Å². The lowest BCUT2D eigenvalue weighted by molar-refractivity contribution is 0.0447. The molecule has 1 fully saturated rings. The van der Waals surface area contributed by atoms with Crippen molar-refractivity contribution in [1.29, 1.82) is 0 Å². The molecule has 120 valence electrons. The van der Waals surface area contributed by atoms with Crippen LogP contribution in [-0.4, -0.2) is 46.4 Å². The van der Waals surface area contributed by atoms with Gasteiger partial charge in [0.2, 0.25) is 0 Å². The van der Waals surface area contributed by atoms with E-state index in [9.17, 15) is 0 Å². The second kappa shape index (κ2) is 6.93. The van der Waals surface area contributed by atoms with Gasteiger partial charge in [-0.15, -0.1) is 0 Å². The van der Waals surface area contributed by atoms with Gasteiger partial charge in [-0.3, -0.25) is 9.58 Å². The van der Waals surface area contributed by atoms with Crippen molar-refractivity contribution in [3.8, 4) is 0 Å². The maximum Gasteiger partial charge on any atom is 0.0596 e. The monoisotopic (exact) mass is 292 g/mol. The minimum atomic E-state index is 0.216. The summed E-state index contributed by atoms with van der Waals surface area (Å²) < 4.78 is 2.03. The fourth-order valence-electron chi connectivity index (χ4n) is 3.79. The van der Waals surface area contributed by atoms with E-state index in [1.54, 1.807) is 0 Å². The van der Waals surface area contributed by atoms with Gasteiger partial charge in [0, 0.05) is 30.7 Å². The van der Waals surface area contributed by atoms with Crippen LogP contribution >= 0.6 is 0 Å². The van der Waals surface area contributed by atoms with Gasteiger partial charge >= 0.3 is 0 Å². The van der Waals surface area contributed by atoms with Crippen molar-refractivity contribution in [3.63, 3.8) is 0 Å². The Bertz CT molecular complexity index is 448. The first-order valence-electron chi connectivity index (χ1n) is 8.43. The standard InChI is InChI=1S/C17H32N4/c1-6-17(3,21-10-8-7-9-11-21)16(18-4)13-15-12-14(2)19-20(15)5/h12,16,18H,6-11,13H2,1-5H3. The molecule has 0 aromatic carbocycles. The van der Waals surface area contributed by atoms with E-state index < -0.39 is 0 Å². The van der Waals surface area contributed by atoms with E-state index in [-0.39, 0.29) is 5.54 Å². The third-order valence-electron chi connectivity index (χ3n) is 5.41. The number of piperidine rings is 1. The van der Waals surface area contributed by atoms with Crippen molar-refractivity contribution in [2.75, 3.05) is 20.1 Å². The third kappa shape index (κ3) is 3.49. The molecule has 2 heterocycles. The van der Waals surface area contributed by atoms with E-state index in [2.05, 4.69) is 56.2 Å². The Morgan fingerprint density at radius 2 is 2.00 bits per heavy atom. The minimum Gasteiger partial charge on any atom is -0.315 e. The molecule has 0 saturated carbocycles. The Morgan fingerprint density at radius 3 is 2.48 bits per heavy atom. The average Bonchev–Trinajstić information content (AvgIpc) is 2.82. The smallest absolute Gasteiger partial charge is 0.0596 e. The van der Waals surface area contributed by atoms with Crippen LogP contribution in [0.25, 0.3) is 0 Å². The molecule has 1 N–H and O–H groups in total. The maximum absolute atomic E-state index is 4.49. The predicted octanol–water partition coefficient (Wildman–Crippen LogP) is 2.51. The number of hydrogen-bond acceptors (Lipinski definition) is 3. The molecule has 2 unspecified atom stereocenters. The van der Waals surface area contributed by atoms with Gasteiger partial charge in [-0.2, -0.15) is 5.10 Å². The number of rotatable bonds is 6. The maximum atomic E-state index is 4.49. The molecule has 0 bridgehead atoms. The number of likely N-dealkylation sites (tertiary alicyclic amines) is 1. The Hall–Kier alpha value is -0.870. The lowest BCUT2D eigenvalue weighted by Gasteiger charge is -2.48. The lowest BCUT2D eigenvalue weighted by Crippen LogP contribution is -2.60. The van der Waals surface area contributed by atoms with Crippen molar-refractivity contribution < 1.29 is 0 Å². The summed E-state index contributed by atoms with van der Waals surface area (Å²) in [5.74, 6) is 0. The summed E-state index contributed by atoms with van der Waals surface area (Å²) in [5.41, 5.74) is 2.65. The molecule has 21 heavy (non-hydrogen) atoms. The Morgan fingerprint density at radius 1 is 1.33 bits per heavy atom. The van der Waals surface area contributed by atoms with Gasteiger partial charge in [0.25, 0.3) is 0 Å². The Labute approximate surface area is 129 Å². The minimum absolute atomic E-state index is 0.216. The molecule has 1 aromatic rings. The average molecular weight is 292 g/mol. The van der Waals surface area contributed by atoms with E-state index in [1.807, 2.05) is 4.68 Å². The molecule has 2 rings (SSSR count). The largest absolute Gasteiger partial charge is 0.315 e. The number of hydrogen-bond donors (Lipinski definition) is 1. The highest BCUT2D eigenvalue weighted by atomic mass is 15.3. The predicted molar refractivity (Wildman–Crippen MR) is 88.6 cm³/mol. The molecule has 0 spiro atoms.